The number of hydrogen-bond acceptors (Lipinski definition) is 6. The number of benzene rings is 2. The van der Waals surface area contributed by atoms with Crippen molar-refractivity contribution < 1.29 is 22.3 Å². The molecule has 0 bridgehead atoms. The van der Waals surface area contributed by atoms with E-state index in [-0.39, 0.29) is 28.5 Å². The summed E-state index contributed by atoms with van der Waals surface area (Å²) in [6.07, 6.45) is 0. The summed E-state index contributed by atoms with van der Waals surface area (Å²) in [5, 5.41) is 0.613. The highest BCUT2D eigenvalue weighted by atomic mass is 32.2. The van der Waals surface area contributed by atoms with Gasteiger partial charge in [-0.3, -0.25) is 9.69 Å². The molecule has 1 saturated heterocycles. The summed E-state index contributed by atoms with van der Waals surface area (Å²) in [6, 6.07) is 11.7. The Morgan fingerprint density at radius 3 is 2.63 bits per heavy atom. The first kappa shape index (κ1) is 22.3. The number of amides is 1. The molecule has 0 N–H and O–H groups in total. The number of carbonyl (C=O) groups is 1. The summed E-state index contributed by atoms with van der Waals surface area (Å²) in [5.41, 5.74) is 0.437. The molecule has 2 aromatic carbocycles. The lowest BCUT2D eigenvalue weighted by Crippen LogP contribution is -2.36. The molecular formula is C20H22FN3O4S2. The van der Waals surface area contributed by atoms with Crippen molar-refractivity contribution in [3.63, 3.8) is 0 Å². The number of thioether (sulfide) groups is 1. The standard InChI is InChI=1S/C20H22FN3O4S2/c1-14-12-24(19(25)13-28-17-9-7-15(21)8-10-17)20(29-14)22-16-5-4-6-18(11-16)30(26,27)23(2)3/h4-11,14H,12-13H2,1-3H3. The largest absolute Gasteiger partial charge is 0.484 e. The molecule has 0 aromatic heterocycles. The molecule has 3 rings (SSSR count). The molecule has 2 aromatic rings. The van der Waals surface area contributed by atoms with Crippen molar-refractivity contribution in [3.8, 4) is 5.75 Å². The number of amidine groups is 1. The van der Waals surface area contributed by atoms with Gasteiger partial charge in [0.15, 0.2) is 11.8 Å². The van der Waals surface area contributed by atoms with Crippen LogP contribution in [0.25, 0.3) is 0 Å². The monoisotopic (exact) mass is 451 g/mol. The summed E-state index contributed by atoms with van der Waals surface area (Å²) in [5.74, 6) is -0.275. The van der Waals surface area contributed by atoms with E-state index in [1.807, 2.05) is 6.92 Å². The minimum absolute atomic E-state index is 0.128. The zero-order chi connectivity index (χ0) is 21.9. The van der Waals surface area contributed by atoms with Gasteiger partial charge < -0.3 is 4.74 Å². The van der Waals surface area contributed by atoms with Gasteiger partial charge in [-0.15, -0.1) is 0 Å². The number of aliphatic imine (C=N–C) groups is 1. The van der Waals surface area contributed by atoms with E-state index < -0.39 is 10.0 Å². The lowest BCUT2D eigenvalue weighted by atomic mass is 10.3. The number of carbonyl (C=O) groups excluding carboxylic acids is 1. The number of ether oxygens (including phenoxy) is 1. The molecule has 1 fully saturated rings. The summed E-state index contributed by atoms with van der Waals surface area (Å²) in [6.45, 7) is 2.22. The van der Waals surface area contributed by atoms with Gasteiger partial charge in [0, 0.05) is 25.9 Å². The van der Waals surface area contributed by atoms with Crippen molar-refractivity contribution in [2.24, 2.45) is 4.99 Å². The van der Waals surface area contributed by atoms with Crippen LogP contribution in [0.4, 0.5) is 10.1 Å². The normalized spacial score (nSPS) is 18.2. The summed E-state index contributed by atoms with van der Waals surface area (Å²) in [7, 11) is -0.661. The summed E-state index contributed by atoms with van der Waals surface area (Å²) < 4.78 is 44.3. The molecule has 30 heavy (non-hydrogen) atoms. The average Bonchev–Trinajstić information content (AvgIpc) is 3.07. The van der Waals surface area contributed by atoms with E-state index in [0.29, 0.717) is 23.1 Å². The SMILES string of the molecule is CC1CN(C(=O)COc2ccc(F)cc2)C(=Nc2cccc(S(=O)(=O)N(C)C)c2)S1. The van der Waals surface area contributed by atoms with Crippen molar-refractivity contribution in [3.05, 3.63) is 54.3 Å². The quantitative estimate of drug-likeness (QED) is 0.674. The van der Waals surface area contributed by atoms with Crippen LogP contribution in [-0.2, 0) is 14.8 Å². The van der Waals surface area contributed by atoms with E-state index in [2.05, 4.69) is 4.99 Å². The first-order chi connectivity index (χ1) is 14.2. The van der Waals surface area contributed by atoms with Gasteiger partial charge in [-0.05, 0) is 42.5 Å². The second kappa shape index (κ2) is 9.15. The number of sulfonamides is 1. The van der Waals surface area contributed by atoms with Crippen LogP contribution in [0, 0.1) is 5.82 Å². The van der Waals surface area contributed by atoms with Gasteiger partial charge in [-0.1, -0.05) is 24.8 Å². The average molecular weight is 452 g/mol. The molecule has 0 radical (unpaired) electrons. The van der Waals surface area contributed by atoms with E-state index >= 15 is 0 Å². The number of hydrogen-bond donors (Lipinski definition) is 0. The first-order valence-corrected chi connectivity index (χ1v) is 11.5. The molecule has 1 aliphatic rings. The molecular weight excluding hydrogens is 429 g/mol. The maximum absolute atomic E-state index is 13.0. The van der Waals surface area contributed by atoms with Crippen molar-refractivity contribution >= 4 is 38.5 Å². The van der Waals surface area contributed by atoms with Crippen molar-refractivity contribution in [2.75, 3.05) is 27.2 Å². The van der Waals surface area contributed by atoms with Gasteiger partial charge in [0.2, 0.25) is 10.0 Å². The highest BCUT2D eigenvalue weighted by Gasteiger charge is 2.31. The Labute approximate surface area is 179 Å². The Balaban J connectivity index is 1.78. The molecule has 10 heteroatoms. The second-order valence-corrected chi connectivity index (χ2v) is 10.4. The minimum atomic E-state index is -3.59. The predicted octanol–water partition coefficient (Wildman–Crippen LogP) is 3.11. The van der Waals surface area contributed by atoms with Gasteiger partial charge in [0.05, 0.1) is 10.6 Å². The van der Waals surface area contributed by atoms with Crippen LogP contribution < -0.4 is 4.74 Å². The number of rotatable bonds is 6. The summed E-state index contributed by atoms with van der Waals surface area (Å²) in [4.78, 5) is 18.8. The van der Waals surface area contributed by atoms with Crippen LogP contribution in [0.3, 0.4) is 0 Å². The number of halogens is 1. The fourth-order valence-corrected chi connectivity index (χ4v) is 4.69. The number of nitrogens with zero attached hydrogens (tertiary/aromatic N) is 3. The zero-order valence-electron chi connectivity index (χ0n) is 16.8. The van der Waals surface area contributed by atoms with Crippen LogP contribution in [0.2, 0.25) is 0 Å². The Morgan fingerprint density at radius 1 is 1.27 bits per heavy atom. The van der Waals surface area contributed by atoms with E-state index in [4.69, 9.17) is 4.74 Å². The van der Waals surface area contributed by atoms with Gasteiger partial charge in [-0.25, -0.2) is 22.1 Å². The molecule has 1 aliphatic heterocycles. The van der Waals surface area contributed by atoms with Gasteiger partial charge >= 0.3 is 0 Å². The molecule has 1 unspecified atom stereocenters. The predicted molar refractivity (Wildman–Crippen MR) is 115 cm³/mol. The molecule has 0 aliphatic carbocycles. The van der Waals surface area contributed by atoms with Gasteiger partial charge in [-0.2, -0.15) is 0 Å². The minimum Gasteiger partial charge on any atom is -0.484 e. The highest BCUT2D eigenvalue weighted by Crippen LogP contribution is 2.29. The maximum atomic E-state index is 13.0. The van der Waals surface area contributed by atoms with E-state index in [9.17, 15) is 17.6 Å². The third-order valence-corrected chi connectivity index (χ3v) is 7.16. The zero-order valence-corrected chi connectivity index (χ0v) is 18.4. The van der Waals surface area contributed by atoms with Crippen LogP contribution in [0.5, 0.6) is 5.75 Å². The van der Waals surface area contributed by atoms with Crippen LogP contribution in [-0.4, -0.2) is 61.2 Å². The fourth-order valence-electron chi connectivity index (χ4n) is 2.70. The first-order valence-electron chi connectivity index (χ1n) is 9.13. The fraction of sp³-hybridized carbons (Fsp3) is 0.300. The highest BCUT2D eigenvalue weighted by molar-refractivity contribution is 8.14. The maximum Gasteiger partial charge on any atom is 0.266 e. The third kappa shape index (κ3) is 5.18. The van der Waals surface area contributed by atoms with E-state index in [0.717, 1.165) is 4.31 Å². The van der Waals surface area contributed by atoms with Gasteiger partial charge in [0.1, 0.15) is 11.6 Å². The van der Waals surface area contributed by atoms with Crippen LogP contribution in [0.1, 0.15) is 6.92 Å². The van der Waals surface area contributed by atoms with Crippen molar-refractivity contribution in [1.29, 1.82) is 0 Å². The van der Waals surface area contributed by atoms with Gasteiger partial charge in [0.25, 0.3) is 5.91 Å². The molecule has 1 heterocycles. The Bertz CT molecular complexity index is 1060. The molecule has 7 nitrogen and oxygen atoms in total. The van der Waals surface area contributed by atoms with Crippen molar-refractivity contribution in [1.82, 2.24) is 9.21 Å². The topological polar surface area (TPSA) is 79.3 Å². The summed E-state index contributed by atoms with van der Waals surface area (Å²) >= 11 is 1.43. The molecule has 1 atom stereocenters. The Kier molecular flexibility index (Phi) is 6.79. The van der Waals surface area contributed by atoms with Crippen molar-refractivity contribution in [2.45, 2.75) is 17.1 Å². The van der Waals surface area contributed by atoms with Crippen LogP contribution >= 0.6 is 11.8 Å². The Morgan fingerprint density at radius 2 is 1.97 bits per heavy atom. The lowest BCUT2D eigenvalue weighted by molar-refractivity contribution is -0.129. The second-order valence-electron chi connectivity index (χ2n) is 6.85. The molecule has 160 valence electrons. The van der Waals surface area contributed by atoms with Crippen LogP contribution in [0.15, 0.2) is 58.4 Å². The molecule has 0 spiro atoms. The molecule has 0 saturated carbocycles. The van der Waals surface area contributed by atoms with E-state index in [1.54, 1.807) is 12.1 Å². The smallest absolute Gasteiger partial charge is 0.266 e. The third-order valence-electron chi connectivity index (χ3n) is 4.28. The van der Waals surface area contributed by atoms with E-state index in [1.165, 1.54) is 67.2 Å². The molecule has 1 amide bonds. The lowest BCUT2D eigenvalue weighted by Gasteiger charge is -2.17. The Hall–Kier alpha value is -2.43.